The van der Waals surface area contributed by atoms with E-state index in [1.807, 2.05) is 12.1 Å². The summed E-state index contributed by atoms with van der Waals surface area (Å²) >= 11 is 0. The van der Waals surface area contributed by atoms with Crippen LogP contribution in [0.5, 0.6) is 0 Å². The average molecular weight is 223 g/mol. The molecule has 0 bridgehead atoms. The SMILES string of the molecule is CC1(Cc2ccc(F)cc2)CC(N)CCO1. The van der Waals surface area contributed by atoms with E-state index in [0.29, 0.717) is 0 Å². The predicted molar refractivity (Wildman–Crippen MR) is 61.7 cm³/mol. The average Bonchev–Trinajstić information content (AvgIpc) is 2.21. The normalized spacial score (nSPS) is 30.3. The topological polar surface area (TPSA) is 35.2 Å². The van der Waals surface area contributed by atoms with Crippen LogP contribution >= 0.6 is 0 Å². The number of nitrogens with two attached hydrogens (primary N) is 1. The maximum atomic E-state index is 12.8. The van der Waals surface area contributed by atoms with Gasteiger partial charge in [-0.25, -0.2) is 4.39 Å². The number of rotatable bonds is 2. The maximum absolute atomic E-state index is 12.8. The summed E-state index contributed by atoms with van der Waals surface area (Å²) in [4.78, 5) is 0. The van der Waals surface area contributed by atoms with Gasteiger partial charge in [-0.05, 0) is 37.5 Å². The molecule has 88 valence electrons. The third kappa shape index (κ3) is 2.80. The van der Waals surface area contributed by atoms with Gasteiger partial charge in [0, 0.05) is 19.1 Å². The first-order chi connectivity index (χ1) is 7.57. The smallest absolute Gasteiger partial charge is 0.123 e. The Kier molecular flexibility index (Phi) is 3.26. The first-order valence-corrected chi connectivity index (χ1v) is 5.71. The lowest BCUT2D eigenvalue weighted by molar-refractivity contribution is -0.0706. The molecule has 2 atom stereocenters. The van der Waals surface area contributed by atoms with Crippen molar-refractivity contribution in [3.05, 3.63) is 35.6 Å². The molecule has 1 aromatic rings. The predicted octanol–water partition coefficient (Wildman–Crippen LogP) is 2.26. The summed E-state index contributed by atoms with van der Waals surface area (Å²) in [6, 6.07) is 6.82. The van der Waals surface area contributed by atoms with Crippen LogP contribution in [0.4, 0.5) is 4.39 Å². The molecule has 3 heteroatoms. The zero-order valence-corrected chi connectivity index (χ0v) is 9.58. The zero-order chi connectivity index (χ0) is 11.6. The highest BCUT2D eigenvalue weighted by atomic mass is 19.1. The molecule has 1 heterocycles. The number of ether oxygens (including phenoxy) is 1. The van der Waals surface area contributed by atoms with E-state index in [2.05, 4.69) is 6.92 Å². The molecule has 0 aromatic heterocycles. The van der Waals surface area contributed by atoms with E-state index in [-0.39, 0.29) is 17.5 Å². The van der Waals surface area contributed by atoms with E-state index in [4.69, 9.17) is 10.5 Å². The molecular weight excluding hydrogens is 205 g/mol. The fourth-order valence-corrected chi connectivity index (χ4v) is 2.33. The Hall–Kier alpha value is -0.930. The van der Waals surface area contributed by atoms with E-state index in [1.54, 1.807) is 0 Å². The largest absolute Gasteiger partial charge is 0.375 e. The number of hydrogen-bond donors (Lipinski definition) is 1. The molecule has 1 aromatic carbocycles. The van der Waals surface area contributed by atoms with Crippen LogP contribution in [0.2, 0.25) is 0 Å². The Labute approximate surface area is 95.6 Å². The van der Waals surface area contributed by atoms with E-state index in [1.165, 1.54) is 12.1 Å². The molecule has 2 rings (SSSR count). The molecule has 0 amide bonds. The molecule has 16 heavy (non-hydrogen) atoms. The lowest BCUT2D eigenvalue weighted by atomic mass is 9.87. The van der Waals surface area contributed by atoms with Gasteiger partial charge in [0.1, 0.15) is 5.82 Å². The van der Waals surface area contributed by atoms with Gasteiger partial charge in [-0.3, -0.25) is 0 Å². The molecule has 0 aliphatic carbocycles. The van der Waals surface area contributed by atoms with E-state index >= 15 is 0 Å². The van der Waals surface area contributed by atoms with Crippen molar-refractivity contribution in [2.24, 2.45) is 5.73 Å². The summed E-state index contributed by atoms with van der Waals surface area (Å²) in [6.07, 6.45) is 2.59. The minimum absolute atomic E-state index is 0.199. The number of hydrogen-bond acceptors (Lipinski definition) is 2. The van der Waals surface area contributed by atoms with E-state index < -0.39 is 0 Å². The van der Waals surface area contributed by atoms with Crippen molar-refractivity contribution in [1.82, 2.24) is 0 Å². The first kappa shape index (κ1) is 11.6. The summed E-state index contributed by atoms with van der Waals surface area (Å²) in [7, 11) is 0. The van der Waals surface area contributed by atoms with Gasteiger partial charge >= 0.3 is 0 Å². The molecule has 0 saturated carbocycles. The van der Waals surface area contributed by atoms with Crippen molar-refractivity contribution < 1.29 is 9.13 Å². The summed E-state index contributed by atoms with van der Waals surface area (Å²) in [6.45, 7) is 2.80. The molecule has 2 N–H and O–H groups in total. The van der Waals surface area contributed by atoms with Crippen LogP contribution in [0.15, 0.2) is 24.3 Å². The molecule has 1 fully saturated rings. The zero-order valence-electron chi connectivity index (χ0n) is 9.58. The van der Waals surface area contributed by atoms with Gasteiger partial charge in [0.15, 0.2) is 0 Å². The van der Waals surface area contributed by atoms with Crippen molar-refractivity contribution >= 4 is 0 Å². The van der Waals surface area contributed by atoms with Crippen molar-refractivity contribution in [3.63, 3.8) is 0 Å². The lowest BCUT2D eigenvalue weighted by Crippen LogP contribution is -2.44. The number of halogens is 1. The Balaban J connectivity index is 2.05. The van der Waals surface area contributed by atoms with Gasteiger partial charge < -0.3 is 10.5 Å². The second kappa shape index (κ2) is 4.52. The molecule has 2 unspecified atom stereocenters. The van der Waals surface area contributed by atoms with Crippen LogP contribution in [0.1, 0.15) is 25.3 Å². The van der Waals surface area contributed by atoms with Gasteiger partial charge in [-0.15, -0.1) is 0 Å². The van der Waals surface area contributed by atoms with Gasteiger partial charge in [0.25, 0.3) is 0 Å². The first-order valence-electron chi connectivity index (χ1n) is 5.71. The van der Waals surface area contributed by atoms with Crippen LogP contribution in [0.3, 0.4) is 0 Å². The summed E-state index contributed by atoms with van der Waals surface area (Å²) < 4.78 is 18.6. The second-order valence-electron chi connectivity index (χ2n) is 4.85. The molecule has 0 radical (unpaired) electrons. The molecule has 1 aliphatic rings. The fraction of sp³-hybridized carbons (Fsp3) is 0.538. The summed E-state index contributed by atoms with van der Waals surface area (Å²) in [5.74, 6) is -0.199. The van der Waals surface area contributed by atoms with Gasteiger partial charge in [0.05, 0.1) is 5.60 Å². The molecule has 1 saturated heterocycles. The lowest BCUT2D eigenvalue weighted by Gasteiger charge is -2.37. The quantitative estimate of drug-likeness (QED) is 0.834. The van der Waals surface area contributed by atoms with Crippen LogP contribution in [0, 0.1) is 5.82 Å². The van der Waals surface area contributed by atoms with E-state index in [0.717, 1.165) is 31.4 Å². The third-order valence-electron chi connectivity index (χ3n) is 3.12. The van der Waals surface area contributed by atoms with Crippen molar-refractivity contribution in [2.75, 3.05) is 6.61 Å². The molecule has 1 aliphatic heterocycles. The van der Waals surface area contributed by atoms with Crippen LogP contribution in [0.25, 0.3) is 0 Å². The monoisotopic (exact) mass is 223 g/mol. The summed E-state index contributed by atoms with van der Waals surface area (Å²) in [5.41, 5.74) is 6.84. The van der Waals surface area contributed by atoms with Gasteiger partial charge in [-0.2, -0.15) is 0 Å². The van der Waals surface area contributed by atoms with Crippen LogP contribution in [-0.2, 0) is 11.2 Å². The van der Waals surface area contributed by atoms with E-state index in [9.17, 15) is 4.39 Å². The highest BCUT2D eigenvalue weighted by Gasteiger charge is 2.31. The van der Waals surface area contributed by atoms with Crippen LogP contribution < -0.4 is 5.73 Å². The molecule has 0 spiro atoms. The number of benzene rings is 1. The minimum Gasteiger partial charge on any atom is -0.375 e. The fourth-order valence-electron chi connectivity index (χ4n) is 2.33. The van der Waals surface area contributed by atoms with Crippen molar-refractivity contribution in [3.8, 4) is 0 Å². The minimum atomic E-state index is -0.199. The third-order valence-corrected chi connectivity index (χ3v) is 3.12. The molecular formula is C13H18FNO. The van der Waals surface area contributed by atoms with Crippen molar-refractivity contribution in [1.29, 1.82) is 0 Å². The second-order valence-corrected chi connectivity index (χ2v) is 4.85. The van der Waals surface area contributed by atoms with Crippen molar-refractivity contribution in [2.45, 2.75) is 37.8 Å². The standard InChI is InChI=1S/C13H18FNO/c1-13(9-12(15)6-7-16-13)8-10-2-4-11(14)5-3-10/h2-5,12H,6-9,15H2,1H3. The highest BCUT2D eigenvalue weighted by molar-refractivity contribution is 5.18. The Bertz CT molecular complexity index is 351. The Morgan fingerprint density at radius 3 is 2.75 bits per heavy atom. The Morgan fingerprint density at radius 1 is 1.44 bits per heavy atom. The highest BCUT2D eigenvalue weighted by Crippen LogP contribution is 2.27. The molecule has 2 nitrogen and oxygen atoms in total. The van der Waals surface area contributed by atoms with Gasteiger partial charge in [-0.1, -0.05) is 12.1 Å². The summed E-state index contributed by atoms with van der Waals surface area (Å²) in [5, 5.41) is 0. The Morgan fingerprint density at radius 2 is 2.12 bits per heavy atom. The maximum Gasteiger partial charge on any atom is 0.123 e. The van der Waals surface area contributed by atoms with Gasteiger partial charge in [0.2, 0.25) is 0 Å². The van der Waals surface area contributed by atoms with Crippen LogP contribution in [-0.4, -0.2) is 18.2 Å².